The van der Waals surface area contributed by atoms with Gasteiger partial charge in [-0.1, -0.05) is 36.8 Å². The number of phenolic OH excluding ortho intramolecular Hbond substituents is 4. The number of aliphatic hydroxyl groups is 1. The van der Waals surface area contributed by atoms with Crippen LogP contribution in [0.1, 0.15) is 90.3 Å². The van der Waals surface area contributed by atoms with Crippen LogP contribution in [0.15, 0.2) is 91.3 Å². The number of aryl methyl sites for hydroxylation is 1. The number of anilines is 2. The maximum Gasteiger partial charge on any atom is 0.200 e. The summed E-state index contributed by atoms with van der Waals surface area (Å²) in [6.07, 6.45) is 8.25. The van der Waals surface area contributed by atoms with Crippen molar-refractivity contribution in [1.29, 1.82) is 0 Å². The topological polar surface area (TPSA) is 188 Å². The molecule has 1 spiro atoms. The monoisotopic (exact) mass is 865 g/mol. The number of aromatic hydroxyl groups is 4. The molecule has 4 aromatic carbocycles. The summed E-state index contributed by atoms with van der Waals surface area (Å²) in [5.74, 6) is -1.05. The Bertz CT molecular complexity index is 2650. The van der Waals surface area contributed by atoms with E-state index in [4.69, 9.17) is 19.4 Å². The predicted octanol–water partition coefficient (Wildman–Crippen LogP) is 8.43. The van der Waals surface area contributed by atoms with Gasteiger partial charge >= 0.3 is 0 Å². The van der Waals surface area contributed by atoms with Crippen LogP contribution in [0.5, 0.6) is 34.5 Å². The Labute approximate surface area is 373 Å². The lowest BCUT2D eigenvalue weighted by molar-refractivity contribution is -0.132. The lowest BCUT2D eigenvalue weighted by atomic mass is 9.58. The number of pyridine rings is 1. The van der Waals surface area contributed by atoms with Gasteiger partial charge in [0, 0.05) is 35.8 Å². The average Bonchev–Trinajstić information content (AvgIpc) is 3.97. The van der Waals surface area contributed by atoms with Crippen molar-refractivity contribution >= 4 is 28.1 Å². The zero-order valence-corrected chi connectivity index (χ0v) is 36.4. The first-order valence-electron chi connectivity index (χ1n) is 22.6. The molecule has 1 fully saturated rings. The van der Waals surface area contributed by atoms with Gasteiger partial charge in [-0.2, -0.15) is 11.9 Å². The molecule has 2 aromatic heterocycles. The minimum atomic E-state index is -1.07. The summed E-state index contributed by atoms with van der Waals surface area (Å²) in [7, 11) is 3.32. The molecule has 0 radical (unpaired) electrons. The SMILES string of the molecule is CNC[C@@H]1C[C@H](c2cc(O)c(O)c(OC)c2)CC(=O)[C@H]([C@H](O)CCc2ccc(O)c3c2CCCO3)[C@]2(CCC[C@@H]2Cc2ccc[n-]2)c2ccnc(c2)Nc2ccc3cc(O)ccc3c21. The number of nitrogens with zero attached hydrogens (tertiary/aromatic N) is 2. The average molecular weight is 866 g/mol. The molecule has 7 N–H and O–H groups in total. The molecular weight excluding hydrogens is 809 g/mol. The molecule has 2 bridgehead atoms. The van der Waals surface area contributed by atoms with Gasteiger partial charge in [-0.25, -0.2) is 4.98 Å². The van der Waals surface area contributed by atoms with Crippen LogP contribution >= 0.6 is 0 Å². The minimum Gasteiger partial charge on any atom is -0.668 e. The zero-order valence-electron chi connectivity index (χ0n) is 36.4. The van der Waals surface area contributed by atoms with Crippen LogP contribution in [0.4, 0.5) is 11.5 Å². The normalized spacial score (nSPS) is 22.6. The summed E-state index contributed by atoms with van der Waals surface area (Å²) in [5.41, 5.74) is 5.37. The van der Waals surface area contributed by atoms with Gasteiger partial charge in [0.1, 0.15) is 17.4 Å². The number of aromatic nitrogens is 2. The number of rotatable bonds is 10. The maximum atomic E-state index is 16.1. The smallest absolute Gasteiger partial charge is 0.200 e. The largest absolute Gasteiger partial charge is 0.668 e. The van der Waals surface area contributed by atoms with Crippen LogP contribution in [0, 0.1) is 11.8 Å². The molecule has 9 rings (SSSR count). The Morgan fingerprint density at radius 1 is 1.02 bits per heavy atom. The predicted molar refractivity (Wildman–Crippen MR) is 245 cm³/mol. The van der Waals surface area contributed by atoms with Gasteiger partial charge in [0.05, 0.1) is 25.7 Å². The Morgan fingerprint density at radius 2 is 1.89 bits per heavy atom. The number of phenols is 4. The highest BCUT2D eigenvalue weighted by atomic mass is 16.5. The van der Waals surface area contributed by atoms with Crippen LogP contribution in [-0.2, 0) is 29.5 Å². The van der Waals surface area contributed by atoms with Crippen molar-refractivity contribution in [3.63, 3.8) is 0 Å². The number of Topliss-reactive ketones (excluding diaryl/α,β-unsaturated/α-hetero) is 1. The number of carbonyl (C=O) groups excluding carboxylic acids is 1. The highest BCUT2D eigenvalue weighted by molar-refractivity contribution is 5.93. The van der Waals surface area contributed by atoms with E-state index in [1.165, 1.54) is 13.2 Å². The van der Waals surface area contributed by atoms with Gasteiger partial charge < -0.3 is 50.6 Å². The van der Waals surface area contributed by atoms with E-state index in [1.54, 1.807) is 36.7 Å². The third-order valence-corrected chi connectivity index (χ3v) is 14.3. The number of aliphatic hydroxyl groups excluding tert-OH is 1. The van der Waals surface area contributed by atoms with E-state index in [9.17, 15) is 25.5 Å². The van der Waals surface area contributed by atoms with Gasteiger partial charge in [0.15, 0.2) is 23.0 Å². The molecule has 6 atom stereocenters. The minimum absolute atomic E-state index is 0.0209. The number of benzene rings is 4. The molecule has 0 amide bonds. The zero-order chi connectivity index (χ0) is 44.5. The third-order valence-electron chi connectivity index (χ3n) is 14.3. The van der Waals surface area contributed by atoms with Crippen molar-refractivity contribution in [2.75, 3.05) is 32.6 Å². The summed E-state index contributed by atoms with van der Waals surface area (Å²) in [5, 5.41) is 65.1. The Kier molecular flexibility index (Phi) is 12.2. The van der Waals surface area contributed by atoms with Crippen molar-refractivity contribution in [3.05, 3.63) is 125 Å². The summed E-state index contributed by atoms with van der Waals surface area (Å²) in [4.78, 5) is 25.6. The van der Waals surface area contributed by atoms with Crippen LogP contribution in [0.3, 0.4) is 0 Å². The molecule has 64 heavy (non-hydrogen) atoms. The van der Waals surface area contributed by atoms with E-state index in [1.807, 2.05) is 49.5 Å². The molecule has 1 aliphatic carbocycles. The quantitative estimate of drug-likeness (QED) is 0.0653. The van der Waals surface area contributed by atoms with E-state index in [-0.39, 0.29) is 59.2 Å². The number of methoxy groups -OCH3 is 1. The highest BCUT2D eigenvalue weighted by Crippen LogP contribution is 2.56. The van der Waals surface area contributed by atoms with E-state index in [0.717, 1.165) is 70.1 Å². The van der Waals surface area contributed by atoms with Crippen molar-refractivity contribution in [3.8, 4) is 34.5 Å². The third kappa shape index (κ3) is 8.09. The van der Waals surface area contributed by atoms with Gasteiger partial charge in [0.25, 0.3) is 0 Å². The molecule has 0 unspecified atom stereocenters. The molecule has 2 aliphatic heterocycles. The molecule has 12 nitrogen and oxygen atoms in total. The number of likely N-dealkylation sites (N-methyl/N-ethyl adjacent to an activating group) is 1. The summed E-state index contributed by atoms with van der Waals surface area (Å²) < 4.78 is 11.5. The van der Waals surface area contributed by atoms with E-state index in [2.05, 4.69) is 16.7 Å². The second kappa shape index (κ2) is 18.1. The number of ether oxygens (including phenoxy) is 2. The second-order valence-electron chi connectivity index (χ2n) is 18.0. The van der Waals surface area contributed by atoms with Crippen molar-refractivity contribution < 1.29 is 39.8 Å². The fraction of sp³-hybridized carbons (Fsp3) is 0.385. The molecule has 6 aromatic rings. The van der Waals surface area contributed by atoms with Crippen LogP contribution in [-0.4, -0.2) is 69.7 Å². The fourth-order valence-electron chi connectivity index (χ4n) is 11.6. The second-order valence-corrected chi connectivity index (χ2v) is 18.0. The Balaban J connectivity index is 1.24. The standard InChI is InChI=1S/C52H57N4O8/c1-53-29-34-22-32(33-25-45(61)50(62)46(26-33)63-2)24-44(60)49(42(58)15-10-30-11-16-43(59)51-40(30)8-5-21-64-51)52(18-3-6-35(52)27-37-7-4-19-54-37)36-17-20-55-47(28-36)56-41-14-9-31-23-38(57)12-13-39(31)48(34)41/h4,7,9,11-14,16-17,19-20,23,25-26,28,32,34-35,42,49,53,57-59,61-62H,3,5-6,8,10,15,18,21-22,24,27,29H2,1-2H3,(H,55,56)/q-1/t32-,34-,35+,42+,49-,52-/m0/s1. The number of carbonyl (C=O) groups is 1. The van der Waals surface area contributed by atoms with Crippen LogP contribution < -0.4 is 25.1 Å². The van der Waals surface area contributed by atoms with Crippen molar-refractivity contribution in [2.24, 2.45) is 11.8 Å². The first kappa shape index (κ1) is 43.0. The molecule has 12 heteroatoms. The highest BCUT2D eigenvalue weighted by Gasteiger charge is 2.54. The van der Waals surface area contributed by atoms with Gasteiger partial charge in [-0.05, 0) is 158 Å². The Morgan fingerprint density at radius 3 is 2.70 bits per heavy atom. The molecule has 4 heterocycles. The van der Waals surface area contributed by atoms with E-state index >= 15 is 4.79 Å². The van der Waals surface area contributed by atoms with E-state index < -0.39 is 23.4 Å². The molecule has 1 saturated carbocycles. The molecule has 3 aliphatic rings. The number of hydrogen-bond acceptors (Lipinski definition) is 11. The lowest BCUT2D eigenvalue weighted by Gasteiger charge is -2.45. The first-order chi connectivity index (χ1) is 31.1. The van der Waals surface area contributed by atoms with Crippen molar-refractivity contribution in [2.45, 2.75) is 87.6 Å². The Hall–Kier alpha value is -6.24. The van der Waals surface area contributed by atoms with Gasteiger partial charge in [-0.15, -0.1) is 0 Å². The van der Waals surface area contributed by atoms with Crippen molar-refractivity contribution in [1.82, 2.24) is 15.3 Å². The van der Waals surface area contributed by atoms with Gasteiger partial charge in [0.2, 0.25) is 5.75 Å². The first-order valence-corrected chi connectivity index (χ1v) is 22.6. The summed E-state index contributed by atoms with van der Waals surface area (Å²) in [6.45, 7) is 1.04. The molecule has 0 saturated heterocycles. The van der Waals surface area contributed by atoms with E-state index in [0.29, 0.717) is 56.0 Å². The number of ketones is 1. The summed E-state index contributed by atoms with van der Waals surface area (Å²) in [6, 6.07) is 24.2. The fourth-order valence-corrected chi connectivity index (χ4v) is 11.6. The number of nitrogens with one attached hydrogen (secondary N) is 2. The lowest BCUT2D eigenvalue weighted by Crippen LogP contribution is -2.50. The number of hydrogen-bond donors (Lipinski definition) is 7. The summed E-state index contributed by atoms with van der Waals surface area (Å²) >= 11 is 0. The van der Waals surface area contributed by atoms with Crippen LogP contribution in [0.2, 0.25) is 0 Å². The van der Waals surface area contributed by atoms with Crippen LogP contribution in [0.25, 0.3) is 10.8 Å². The molecule has 334 valence electrons. The molecular formula is C52H57N4O8-. The van der Waals surface area contributed by atoms with Gasteiger partial charge in [-0.3, -0.25) is 4.79 Å². The number of fused-ring (bicyclic) bond motifs is 7. The maximum absolute atomic E-state index is 16.1.